The molecule has 0 amide bonds. The van der Waals surface area contributed by atoms with Crippen molar-refractivity contribution in [1.29, 1.82) is 0 Å². The molecule has 9 heteroatoms. The van der Waals surface area contributed by atoms with Crippen molar-refractivity contribution in [2.24, 2.45) is 11.7 Å². The minimum Gasteiger partial charge on any atom is -0.494 e. The zero-order chi connectivity index (χ0) is 25.0. The quantitative estimate of drug-likeness (QED) is 0.186. The van der Waals surface area contributed by atoms with Crippen LogP contribution in [0.25, 0.3) is 0 Å². The number of benzene rings is 2. The van der Waals surface area contributed by atoms with Crippen LogP contribution in [0.4, 0.5) is 13.2 Å². The Labute approximate surface area is 197 Å². The zero-order valence-corrected chi connectivity index (χ0v) is 19.1. The average molecular weight is 482 g/mol. The zero-order valence-electron chi connectivity index (χ0n) is 19.1. The number of hydrogen-bond acceptors (Lipinski definition) is 6. The number of Topliss-reactive ketones (excluding diaryl/α,β-unsaturated/α-hetero) is 1. The van der Waals surface area contributed by atoms with E-state index in [2.05, 4.69) is 0 Å². The normalized spacial score (nSPS) is 12.3. The van der Waals surface area contributed by atoms with Crippen LogP contribution in [0.5, 0.6) is 5.75 Å². The first-order chi connectivity index (χ1) is 16.3. The van der Waals surface area contributed by atoms with Gasteiger partial charge in [-0.25, -0.2) is 0 Å². The van der Waals surface area contributed by atoms with Gasteiger partial charge in [0.1, 0.15) is 11.7 Å². The van der Waals surface area contributed by atoms with Crippen molar-refractivity contribution in [3.8, 4) is 5.75 Å². The maximum absolute atomic E-state index is 12.8. The summed E-state index contributed by atoms with van der Waals surface area (Å²) in [6.07, 6.45) is -2.36. The highest BCUT2D eigenvalue weighted by atomic mass is 19.4. The Hall–Kier alpha value is -2.91. The van der Waals surface area contributed by atoms with E-state index in [0.29, 0.717) is 38.5 Å². The second kappa shape index (κ2) is 13.7. The molecule has 0 spiro atoms. The van der Waals surface area contributed by atoms with Crippen molar-refractivity contribution < 1.29 is 37.0 Å². The lowest BCUT2D eigenvalue weighted by Gasteiger charge is -2.15. The van der Waals surface area contributed by atoms with E-state index in [1.54, 1.807) is 12.1 Å². The second-order valence-corrected chi connectivity index (χ2v) is 7.65. The summed E-state index contributed by atoms with van der Waals surface area (Å²) in [7, 11) is 1.17. The Morgan fingerprint density at radius 3 is 2.18 bits per heavy atom. The van der Waals surface area contributed by atoms with Crippen molar-refractivity contribution in [3.05, 3.63) is 65.2 Å². The van der Waals surface area contributed by atoms with Crippen LogP contribution in [-0.4, -0.2) is 45.2 Å². The van der Waals surface area contributed by atoms with Crippen LogP contribution in [0, 0.1) is 5.92 Å². The third-order valence-corrected chi connectivity index (χ3v) is 5.14. The number of nitrogens with two attached hydrogens (primary N) is 1. The van der Waals surface area contributed by atoms with Crippen LogP contribution in [0.2, 0.25) is 0 Å². The molecule has 2 aromatic rings. The number of alkyl halides is 3. The van der Waals surface area contributed by atoms with E-state index in [-0.39, 0.29) is 12.0 Å². The van der Waals surface area contributed by atoms with Crippen LogP contribution in [0.3, 0.4) is 0 Å². The number of ether oxygens (including phenoxy) is 3. The lowest BCUT2D eigenvalue weighted by molar-refractivity contribution is -0.144. The summed E-state index contributed by atoms with van der Waals surface area (Å²) in [4.78, 5) is 25.0. The van der Waals surface area contributed by atoms with Crippen LogP contribution in [0.1, 0.15) is 40.7 Å². The van der Waals surface area contributed by atoms with Crippen LogP contribution >= 0.6 is 0 Å². The van der Waals surface area contributed by atoms with E-state index >= 15 is 0 Å². The molecular weight excluding hydrogens is 451 g/mol. The smallest absolute Gasteiger partial charge is 0.416 e. The molecule has 0 aliphatic carbocycles. The van der Waals surface area contributed by atoms with Gasteiger partial charge >= 0.3 is 12.1 Å². The third-order valence-electron chi connectivity index (χ3n) is 5.14. The average Bonchev–Trinajstić information content (AvgIpc) is 2.83. The van der Waals surface area contributed by atoms with E-state index in [4.69, 9.17) is 19.9 Å². The van der Waals surface area contributed by atoms with Crippen LogP contribution in [0.15, 0.2) is 48.5 Å². The number of rotatable bonds is 14. The molecule has 0 heterocycles. The molecule has 0 aromatic heterocycles. The highest BCUT2D eigenvalue weighted by Crippen LogP contribution is 2.29. The number of aryl methyl sites for hydroxylation is 1. The van der Waals surface area contributed by atoms with Gasteiger partial charge in [-0.1, -0.05) is 24.3 Å². The first-order valence-corrected chi connectivity index (χ1v) is 11.0. The van der Waals surface area contributed by atoms with E-state index < -0.39 is 29.4 Å². The molecule has 1 atom stereocenters. The number of methoxy groups -OCH3 is 1. The van der Waals surface area contributed by atoms with Crippen molar-refractivity contribution in [1.82, 2.24) is 0 Å². The molecule has 186 valence electrons. The summed E-state index contributed by atoms with van der Waals surface area (Å²) in [6.45, 7) is 2.35. The summed E-state index contributed by atoms with van der Waals surface area (Å²) >= 11 is 0. The first kappa shape index (κ1) is 27.3. The van der Waals surface area contributed by atoms with Gasteiger partial charge in [-0.2, -0.15) is 13.2 Å². The molecule has 0 aliphatic heterocycles. The fourth-order valence-corrected chi connectivity index (χ4v) is 3.22. The largest absolute Gasteiger partial charge is 0.494 e. The monoisotopic (exact) mass is 481 g/mol. The summed E-state index contributed by atoms with van der Waals surface area (Å²) < 4.78 is 54.1. The molecule has 2 rings (SSSR count). The van der Waals surface area contributed by atoms with E-state index in [1.165, 1.54) is 7.11 Å². The number of ketones is 1. The fourth-order valence-electron chi connectivity index (χ4n) is 3.22. The minimum atomic E-state index is -4.50. The molecule has 0 bridgehead atoms. The summed E-state index contributed by atoms with van der Waals surface area (Å²) in [5.41, 5.74) is 5.45. The number of esters is 1. The van der Waals surface area contributed by atoms with Crippen molar-refractivity contribution >= 4 is 11.8 Å². The third kappa shape index (κ3) is 8.79. The standard InChI is InChI=1S/C25H30F3NO5/c1-32-24(31)22(23(30)19-7-9-20(10-8-19)25(26,27)28)13-6-18-4-11-21(12-5-18)34-17-3-16-33-15-2-14-29/h4-5,7-12,22H,2-3,6,13-17,29H2,1H3. The SMILES string of the molecule is COC(=O)C(CCc1ccc(OCCCOCCCN)cc1)C(=O)c1ccc(C(F)(F)F)cc1. The summed E-state index contributed by atoms with van der Waals surface area (Å²) in [5, 5.41) is 0. The van der Waals surface area contributed by atoms with Crippen molar-refractivity contribution in [2.45, 2.75) is 31.9 Å². The molecule has 0 fully saturated rings. The molecule has 2 N–H and O–H groups in total. The van der Waals surface area contributed by atoms with E-state index in [9.17, 15) is 22.8 Å². The molecule has 0 saturated carbocycles. The maximum atomic E-state index is 12.8. The number of halogens is 3. The van der Waals surface area contributed by atoms with Crippen molar-refractivity contribution in [3.63, 3.8) is 0 Å². The number of hydrogen-bond donors (Lipinski definition) is 1. The van der Waals surface area contributed by atoms with Gasteiger partial charge in [-0.15, -0.1) is 0 Å². The van der Waals surface area contributed by atoms with Gasteiger partial charge in [0.25, 0.3) is 0 Å². The van der Waals surface area contributed by atoms with E-state index in [1.807, 2.05) is 12.1 Å². The van der Waals surface area contributed by atoms with Crippen LogP contribution < -0.4 is 10.5 Å². The maximum Gasteiger partial charge on any atom is 0.416 e. The Balaban J connectivity index is 1.90. The molecular formula is C25H30F3NO5. The summed E-state index contributed by atoms with van der Waals surface area (Å²) in [6, 6.07) is 11.1. The topological polar surface area (TPSA) is 87.8 Å². The van der Waals surface area contributed by atoms with Gasteiger partial charge in [0, 0.05) is 25.2 Å². The van der Waals surface area contributed by atoms with Gasteiger partial charge in [0.2, 0.25) is 0 Å². The molecule has 6 nitrogen and oxygen atoms in total. The Bertz CT molecular complexity index is 898. The summed E-state index contributed by atoms with van der Waals surface area (Å²) in [5.74, 6) is -1.72. The molecule has 0 saturated heterocycles. The van der Waals surface area contributed by atoms with Gasteiger partial charge in [-0.3, -0.25) is 9.59 Å². The Morgan fingerprint density at radius 2 is 1.59 bits per heavy atom. The van der Waals surface area contributed by atoms with Gasteiger partial charge in [-0.05, 0) is 55.6 Å². The second-order valence-electron chi connectivity index (χ2n) is 7.65. The molecule has 34 heavy (non-hydrogen) atoms. The predicted octanol–water partition coefficient (Wildman–Crippen LogP) is 4.44. The molecule has 0 radical (unpaired) electrons. The van der Waals surface area contributed by atoms with Crippen LogP contribution in [-0.2, 0) is 26.9 Å². The lowest BCUT2D eigenvalue weighted by Crippen LogP contribution is -2.26. The highest BCUT2D eigenvalue weighted by Gasteiger charge is 2.32. The lowest BCUT2D eigenvalue weighted by atomic mass is 9.91. The molecule has 1 unspecified atom stereocenters. The van der Waals surface area contributed by atoms with Gasteiger partial charge in [0.15, 0.2) is 5.78 Å². The number of carbonyl (C=O) groups excluding carboxylic acids is 2. The Kier molecular flexibility index (Phi) is 11.0. The minimum absolute atomic E-state index is 0.0270. The number of carbonyl (C=O) groups is 2. The van der Waals surface area contributed by atoms with Gasteiger partial charge < -0.3 is 19.9 Å². The van der Waals surface area contributed by atoms with Crippen molar-refractivity contribution in [2.75, 3.05) is 33.5 Å². The Morgan fingerprint density at radius 1 is 0.941 bits per heavy atom. The van der Waals surface area contributed by atoms with E-state index in [0.717, 1.165) is 42.7 Å². The molecule has 2 aromatic carbocycles. The van der Waals surface area contributed by atoms with Gasteiger partial charge in [0.05, 0.1) is 19.3 Å². The predicted molar refractivity (Wildman–Crippen MR) is 121 cm³/mol. The highest BCUT2D eigenvalue weighted by molar-refractivity contribution is 6.08. The first-order valence-electron chi connectivity index (χ1n) is 11.0. The molecule has 0 aliphatic rings. The fraction of sp³-hybridized carbons (Fsp3) is 0.440.